The van der Waals surface area contributed by atoms with Crippen LogP contribution in [-0.4, -0.2) is 29.5 Å². The summed E-state index contributed by atoms with van der Waals surface area (Å²) in [6, 6.07) is 9.35. The molecule has 0 saturated heterocycles. The fourth-order valence-electron chi connectivity index (χ4n) is 2.57. The lowest BCUT2D eigenvalue weighted by Crippen LogP contribution is -2.17. The van der Waals surface area contributed by atoms with E-state index in [1.165, 1.54) is 0 Å². The molecule has 1 heterocycles. The van der Waals surface area contributed by atoms with Gasteiger partial charge >= 0.3 is 0 Å². The second kappa shape index (κ2) is 6.57. The summed E-state index contributed by atoms with van der Waals surface area (Å²) in [4.78, 5) is 20.5. The molecule has 24 heavy (non-hydrogen) atoms. The highest BCUT2D eigenvalue weighted by Crippen LogP contribution is 2.36. The zero-order chi connectivity index (χ0) is 17.3. The summed E-state index contributed by atoms with van der Waals surface area (Å²) in [5.41, 5.74) is 4.07. The van der Waals surface area contributed by atoms with Gasteiger partial charge in [-0.2, -0.15) is 0 Å². The smallest absolute Gasteiger partial charge is 0.251 e. The third kappa shape index (κ3) is 2.85. The average molecular weight is 341 g/mol. The Labute approximate surface area is 145 Å². The van der Waals surface area contributed by atoms with Crippen LogP contribution < -0.4 is 10.1 Å². The normalized spacial score (nSPS) is 10.8. The van der Waals surface area contributed by atoms with Gasteiger partial charge in [0.25, 0.3) is 5.91 Å². The molecule has 0 aliphatic rings. The number of rotatable bonds is 4. The fraction of sp³-hybridized carbons (Fsp3) is 0.222. The monoisotopic (exact) mass is 341 g/mol. The highest BCUT2D eigenvalue weighted by molar-refractivity contribution is 7.80. The van der Waals surface area contributed by atoms with E-state index in [2.05, 4.69) is 27.9 Å². The van der Waals surface area contributed by atoms with E-state index in [4.69, 9.17) is 4.74 Å². The third-order valence-electron chi connectivity index (χ3n) is 3.85. The van der Waals surface area contributed by atoms with Crippen molar-refractivity contribution in [1.29, 1.82) is 0 Å². The van der Waals surface area contributed by atoms with Crippen LogP contribution in [0.2, 0.25) is 0 Å². The molecule has 3 aromatic rings. The van der Waals surface area contributed by atoms with Gasteiger partial charge in [-0.15, -0.1) is 12.6 Å². The summed E-state index contributed by atoms with van der Waals surface area (Å²) in [5, 5.41) is 2.62. The van der Waals surface area contributed by atoms with Gasteiger partial charge in [-0.05, 0) is 43.7 Å². The molecule has 1 amide bonds. The van der Waals surface area contributed by atoms with Gasteiger partial charge in [0.1, 0.15) is 11.6 Å². The van der Waals surface area contributed by atoms with Crippen LogP contribution in [0.15, 0.2) is 35.2 Å². The highest BCUT2D eigenvalue weighted by Gasteiger charge is 2.16. The molecule has 0 aliphatic carbocycles. The molecule has 6 heteroatoms. The zero-order valence-electron chi connectivity index (χ0n) is 13.8. The van der Waals surface area contributed by atoms with E-state index in [0.29, 0.717) is 23.7 Å². The molecule has 2 aromatic carbocycles. The van der Waals surface area contributed by atoms with Crippen molar-refractivity contribution in [2.24, 2.45) is 0 Å². The van der Waals surface area contributed by atoms with Gasteiger partial charge in [-0.25, -0.2) is 4.98 Å². The first-order chi connectivity index (χ1) is 11.5. The van der Waals surface area contributed by atoms with E-state index in [-0.39, 0.29) is 5.91 Å². The van der Waals surface area contributed by atoms with Crippen LogP contribution in [0.25, 0.3) is 22.4 Å². The van der Waals surface area contributed by atoms with Gasteiger partial charge in [0.05, 0.1) is 23.2 Å². The molecule has 2 N–H and O–H groups in total. The Morgan fingerprint density at radius 3 is 2.83 bits per heavy atom. The minimum atomic E-state index is -0.135. The zero-order valence-corrected chi connectivity index (χ0v) is 14.7. The van der Waals surface area contributed by atoms with Gasteiger partial charge < -0.3 is 15.0 Å². The lowest BCUT2D eigenvalue weighted by atomic mass is 10.1. The minimum absolute atomic E-state index is 0.135. The predicted octanol–water partition coefficient (Wildman–Crippen LogP) is 3.59. The number of aromatic nitrogens is 2. The number of thiol groups is 1. The van der Waals surface area contributed by atoms with Crippen LogP contribution in [0.5, 0.6) is 5.75 Å². The summed E-state index contributed by atoms with van der Waals surface area (Å²) in [7, 11) is 1.61. The Morgan fingerprint density at radius 2 is 2.12 bits per heavy atom. The van der Waals surface area contributed by atoms with E-state index in [1.807, 2.05) is 32.0 Å². The maximum absolute atomic E-state index is 11.8. The molecule has 0 spiro atoms. The Balaban J connectivity index is 2.13. The van der Waals surface area contributed by atoms with E-state index in [0.717, 1.165) is 27.1 Å². The number of aryl methyl sites for hydroxylation is 1. The molecular formula is C18H19N3O2S. The van der Waals surface area contributed by atoms with Crippen molar-refractivity contribution < 1.29 is 9.53 Å². The Hall–Kier alpha value is -2.47. The summed E-state index contributed by atoms with van der Waals surface area (Å²) in [5.74, 6) is 1.27. The maximum Gasteiger partial charge on any atom is 0.251 e. The van der Waals surface area contributed by atoms with Gasteiger partial charge in [-0.1, -0.05) is 6.07 Å². The molecule has 0 radical (unpaired) electrons. The lowest BCUT2D eigenvalue weighted by Gasteiger charge is -2.12. The van der Waals surface area contributed by atoms with Crippen LogP contribution in [0, 0.1) is 6.92 Å². The Morgan fingerprint density at radius 1 is 1.33 bits per heavy atom. The minimum Gasteiger partial charge on any atom is -0.492 e. The van der Waals surface area contributed by atoms with Crippen molar-refractivity contribution >= 4 is 29.6 Å². The summed E-state index contributed by atoms with van der Waals surface area (Å²) >= 11 is 4.56. The summed E-state index contributed by atoms with van der Waals surface area (Å²) in [6.07, 6.45) is 0. The summed E-state index contributed by atoms with van der Waals surface area (Å²) in [6.45, 7) is 4.47. The van der Waals surface area contributed by atoms with E-state index < -0.39 is 0 Å². The Kier molecular flexibility index (Phi) is 4.49. The molecule has 124 valence electrons. The number of H-pyrrole nitrogens is 1. The van der Waals surface area contributed by atoms with Gasteiger partial charge in [0, 0.05) is 17.5 Å². The van der Waals surface area contributed by atoms with Gasteiger partial charge in [0.2, 0.25) is 0 Å². The first-order valence-corrected chi connectivity index (χ1v) is 8.17. The standard InChI is InChI=1S/C18H19N3O2S/c1-4-23-15-12(7-5-10(2)16(15)24)17-20-13-8-6-11(18(22)19-3)9-14(13)21-17/h5-9,24H,4H2,1-3H3,(H,19,22)(H,20,21). The maximum atomic E-state index is 11.8. The SMILES string of the molecule is CCOc1c(-c2nc3cc(C(=O)NC)ccc3[nH]2)ccc(C)c1S. The summed E-state index contributed by atoms with van der Waals surface area (Å²) < 4.78 is 5.78. The number of benzene rings is 2. The number of nitrogens with zero attached hydrogens (tertiary/aromatic N) is 1. The molecule has 0 unspecified atom stereocenters. The second-order valence-corrected chi connectivity index (χ2v) is 5.88. The number of hydrogen-bond donors (Lipinski definition) is 3. The van der Waals surface area contributed by atoms with Gasteiger partial charge in [-0.3, -0.25) is 4.79 Å². The quantitative estimate of drug-likeness (QED) is 0.635. The van der Waals surface area contributed by atoms with Crippen LogP contribution in [-0.2, 0) is 0 Å². The molecule has 0 fully saturated rings. The fourth-order valence-corrected chi connectivity index (χ4v) is 2.82. The molecule has 0 aliphatic heterocycles. The van der Waals surface area contributed by atoms with Gasteiger partial charge in [0.15, 0.2) is 0 Å². The molecule has 0 saturated carbocycles. The largest absolute Gasteiger partial charge is 0.492 e. The number of fused-ring (bicyclic) bond motifs is 1. The number of amides is 1. The van der Waals surface area contributed by atoms with Crippen molar-refractivity contribution in [2.45, 2.75) is 18.7 Å². The van der Waals surface area contributed by atoms with Crippen LogP contribution in [0.4, 0.5) is 0 Å². The van der Waals surface area contributed by atoms with Crippen molar-refractivity contribution in [1.82, 2.24) is 15.3 Å². The van der Waals surface area contributed by atoms with Crippen LogP contribution in [0.3, 0.4) is 0 Å². The molecule has 0 atom stereocenters. The van der Waals surface area contributed by atoms with E-state index >= 15 is 0 Å². The first kappa shape index (κ1) is 16.4. The van der Waals surface area contributed by atoms with Crippen molar-refractivity contribution in [3.63, 3.8) is 0 Å². The molecule has 5 nitrogen and oxygen atoms in total. The van der Waals surface area contributed by atoms with Crippen molar-refractivity contribution in [3.05, 3.63) is 41.5 Å². The van der Waals surface area contributed by atoms with E-state index in [1.54, 1.807) is 19.2 Å². The number of aromatic amines is 1. The third-order valence-corrected chi connectivity index (χ3v) is 4.41. The van der Waals surface area contributed by atoms with E-state index in [9.17, 15) is 4.79 Å². The predicted molar refractivity (Wildman–Crippen MR) is 98.1 cm³/mol. The van der Waals surface area contributed by atoms with Crippen molar-refractivity contribution in [3.8, 4) is 17.1 Å². The topological polar surface area (TPSA) is 67.0 Å². The average Bonchev–Trinajstić information content (AvgIpc) is 3.01. The number of hydrogen-bond acceptors (Lipinski definition) is 4. The number of imidazole rings is 1. The van der Waals surface area contributed by atoms with Crippen LogP contribution >= 0.6 is 12.6 Å². The molecule has 1 aromatic heterocycles. The molecule has 3 rings (SSSR count). The van der Waals surface area contributed by atoms with Crippen LogP contribution in [0.1, 0.15) is 22.8 Å². The molecule has 0 bridgehead atoms. The Bertz CT molecular complexity index is 918. The number of carbonyl (C=O) groups excluding carboxylic acids is 1. The number of nitrogens with one attached hydrogen (secondary N) is 2. The second-order valence-electron chi connectivity index (χ2n) is 5.44. The highest BCUT2D eigenvalue weighted by atomic mass is 32.1. The first-order valence-electron chi connectivity index (χ1n) is 7.72. The van der Waals surface area contributed by atoms with Crippen molar-refractivity contribution in [2.75, 3.05) is 13.7 Å². The lowest BCUT2D eigenvalue weighted by molar-refractivity contribution is 0.0963. The number of ether oxygens (including phenoxy) is 1. The molecular weight excluding hydrogens is 322 g/mol. The number of carbonyl (C=O) groups is 1.